The Morgan fingerprint density at radius 2 is 2.11 bits per heavy atom. The quantitative estimate of drug-likeness (QED) is 0.857. The van der Waals surface area contributed by atoms with E-state index < -0.39 is 0 Å². The summed E-state index contributed by atoms with van der Waals surface area (Å²) in [4.78, 5) is 8.64. The molecule has 6 heteroatoms. The highest BCUT2D eigenvalue weighted by Gasteiger charge is 2.06. The maximum atomic E-state index is 4.42. The van der Waals surface area contributed by atoms with Crippen LogP contribution in [0.25, 0.3) is 0 Å². The summed E-state index contributed by atoms with van der Waals surface area (Å²) in [6.07, 6.45) is 2.97. The van der Waals surface area contributed by atoms with Gasteiger partial charge in [-0.3, -0.25) is 4.68 Å². The van der Waals surface area contributed by atoms with Crippen molar-refractivity contribution in [3.63, 3.8) is 0 Å². The van der Waals surface area contributed by atoms with Gasteiger partial charge in [0.05, 0.1) is 5.69 Å². The van der Waals surface area contributed by atoms with E-state index in [0.717, 1.165) is 30.2 Å². The summed E-state index contributed by atoms with van der Waals surface area (Å²) < 4.78 is 1.85. The van der Waals surface area contributed by atoms with Crippen molar-refractivity contribution in [1.29, 1.82) is 0 Å². The topological polar surface area (TPSA) is 67.7 Å². The summed E-state index contributed by atoms with van der Waals surface area (Å²) in [5, 5.41) is 10.7. The summed E-state index contributed by atoms with van der Waals surface area (Å²) in [5.74, 6) is 1.45. The molecule has 0 amide bonds. The Bertz CT molecular complexity index is 560. The molecular weight excluding hydrogens is 240 g/mol. The Balaban J connectivity index is 2.11. The van der Waals surface area contributed by atoms with Gasteiger partial charge >= 0.3 is 0 Å². The van der Waals surface area contributed by atoms with Crippen LogP contribution in [0.1, 0.15) is 23.9 Å². The Morgan fingerprint density at radius 1 is 1.32 bits per heavy atom. The molecule has 0 radical (unpaired) electrons. The summed E-state index contributed by atoms with van der Waals surface area (Å²) >= 11 is 0. The lowest BCUT2D eigenvalue weighted by Gasteiger charge is -2.08. The fourth-order valence-electron chi connectivity index (χ4n) is 1.99. The predicted octanol–water partition coefficient (Wildman–Crippen LogP) is 1.73. The van der Waals surface area contributed by atoms with Crippen LogP contribution < -0.4 is 10.6 Å². The highest BCUT2D eigenvalue weighted by Crippen LogP contribution is 2.13. The van der Waals surface area contributed by atoms with Crippen LogP contribution in [-0.4, -0.2) is 26.8 Å². The lowest BCUT2D eigenvalue weighted by molar-refractivity contribution is 0.746. The molecule has 102 valence electrons. The van der Waals surface area contributed by atoms with Gasteiger partial charge in [-0.1, -0.05) is 6.92 Å². The fraction of sp³-hybridized carbons (Fsp3) is 0.462. The third kappa shape index (κ3) is 3.21. The number of anilines is 2. The van der Waals surface area contributed by atoms with Gasteiger partial charge in [-0.05, 0) is 13.3 Å². The number of nitrogens with zero attached hydrogens (tertiary/aromatic N) is 4. The van der Waals surface area contributed by atoms with Gasteiger partial charge in [0.2, 0.25) is 5.95 Å². The normalized spacial score (nSPS) is 10.5. The van der Waals surface area contributed by atoms with Gasteiger partial charge in [-0.25, -0.2) is 4.98 Å². The van der Waals surface area contributed by atoms with Crippen molar-refractivity contribution in [1.82, 2.24) is 19.7 Å². The van der Waals surface area contributed by atoms with Gasteiger partial charge in [-0.15, -0.1) is 0 Å². The minimum Gasteiger partial charge on any atom is -0.366 e. The molecule has 0 fully saturated rings. The van der Waals surface area contributed by atoms with Gasteiger partial charge in [0, 0.05) is 44.2 Å². The van der Waals surface area contributed by atoms with E-state index in [-0.39, 0.29) is 0 Å². The number of rotatable bonds is 5. The van der Waals surface area contributed by atoms with E-state index in [1.54, 1.807) is 0 Å². The van der Waals surface area contributed by atoms with E-state index in [9.17, 15) is 0 Å². The lowest BCUT2D eigenvalue weighted by atomic mass is 10.2. The second-order valence-electron chi connectivity index (χ2n) is 4.45. The van der Waals surface area contributed by atoms with Gasteiger partial charge < -0.3 is 10.6 Å². The van der Waals surface area contributed by atoms with Crippen LogP contribution in [0.3, 0.4) is 0 Å². The first kappa shape index (κ1) is 13.3. The van der Waals surface area contributed by atoms with E-state index in [2.05, 4.69) is 32.6 Å². The van der Waals surface area contributed by atoms with Crippen molar-refractivity contribution in [3.05, 3.63) is 29.2 Å². The molecule has 0 aliphatic rings. The van der Waals surface area contributed by atoms with Gasteiger partial charge in [0.1, 0.15) is 5.82 Å². The third-order valence-electron chi connectivity index (χ3n) is 2.86. The second-order valence-corrected chi connectivity index (χ2v) is 4.45. The van der Waals surface area contributed by atoms with Crippen molar-refractivity contribution in [3.8, 4) is 0 Å². The fourth-order valence-corrected chi connectivity index (χ4v) is 1.99. The molecule has 0 atom stereocenters. The van der Waals surface area contributed by atoms with Crippen molar-refractivity contribution in [2.75, 3.05) is 17.7 Å². The third-order valence-corrected chi connectivity index (χ3v) is 2.86. The number of hydrogen-bond donors (Lipinski definition) is 2. The summed E-state index contributed by atoms with van der Waals surface area (Å²) in [7, 11) is 3.76. The summed E-state index contributed by atoms with van der Waals surface area (Å²) in [5.41, 5.74) is 3.26. The Morgan fingerprint density at radius 3 is 2.79 bits per heavy atom. The number of nitrogens with one attached hydrogen (secondary N) is 2. The summed E-state index contributed by atoms with van der Waals surface area (Å²) in [6, 6.07) is 1.93. The molecule has 0 saturated carbocycles. The highest BCUT2D eigenvalue weighted by atomic mass is 15.3. The second kappa shape index (κ2) is 5.69. The van der Waals surface area contributed by atoms with Crippen LogP contribution in [0.15, 0.2) is 12.3 Å². The van der Waals surface area contributed by atoms with Gasteiger partial charge in [0.25, 0.3) is 0 Å². The molecule has 0 aromatic carbocycles. The standard InChI is InChI=1S/C13H20N6/c1-5-11-10(8-19(4)18-11)7-15-12-6-9(2)16-13(14-3)17-12/h6,8H,5,7H2,1-4H3,(H2,14,15,16,17). The van der Waals surface area contributed by atoms with Crippen molar-refractivity contribution in [2.45, 2.75) is 26.8 Å². The van der Waals surface area contributed by atoms with Gasteiger partial charge in [0.15, 0.2) is 0 Å². The molecule has 6 nitrogen and oxygen atoms in total. The SMILES string of the molecule is CCc1nn(C)cc1CNc1cc(C)nc(NC)n1. The first-order valence-electron chi connectivity index (χ1n) is 6.41. The average Bonchev–Trinajstić information content (AvgIpc) is 2.76. The zero-order valence-corrected chi connectivity index (χ0v) is 11.9. The maximum absolute atomic E-state index is 4.42. The highest BCUT2D eigenvalue weighted by molar-refractivity contribution is 5.42. The lowest BCUT2D eigenvalue weighted by Crippen LogP contribution is -2.06. The zero-order valence-electron chi connectivity index (χ0n) is 11.9. The van der Waals surface area contributed by atoms with E-state index in [4.69, 9.17) is 0 Å². The largest absolute Gasteiger partial charge is 0.366 e. The predicted molar refractivity (Wildman–Crippen MR) is 76.2 cm³/mol. The molecule has 2 rings (SSSR count). The summed E-state index contributed by atoms with van der Waals surface area (Å²) in [6.45, 7) is 4.78. The molecule has 0 unspecified atom stereocenters. The molecule has 2 aromatic heterocycles. The molecule has 19 heavy (non-hydrogen) atoms. The maximum Gasteiger partial charge on any atom is 0.224 e. The molecule has 0 spiro atoms. The van der Waals surface area contributed by atoms with E-state index >= 15 is 0 Å². The number of hydrogen-bond acceptors (Lipinski definition) is 5. The Labute approximate surface area is 113 Å². The van der Waals surface area contributed by atoms with E-state index in [0.29, 0.717) is 5.95 Å². The molecule has 0 bridgehead atoms. The van der Waals surface area contributed by atoms with E-state index in [1.165, 1.54) is 5.56 Å². The van der Waals surface area contributed by atoms with Crippen molar-refractivity contribution >= 4 is 11.8 Å². The minimum absolute atomic E-state index is 0.629. The van der Waals surface area contributed by atoms with Gasteiger partial charge in [-0.2, -0.15) is 10.1 Å². The molecule has 2 N–H and O–H groups in total. The zero-order chi connectivity index (χ0) is 13.8. The van der Waals surface area contributed by atoms with Crippen LogP contribution in [-0.2, 0) is 20.0 Å². The van der Waals surface area contributed by atoms with Crippen LogP contribution in [0, 0.1) is 6.92 Å². The first-order valence-corrected chi connectivity index (χ1v) is 6.41. The van der Waals surface area contributed by atoms with Crippen molar-refractivity contribution < 1.29 is 0 Å². The molecular formula is C13H20N6. The van der Waals surface area contributed by atoms with Crippen LogP contribution in [0.2, 0.25) is 0 Å². The van der Waals surface area contributed by atoms with Crippen LogP contribution in [0.5, 0.6) is 0 Å². The van der Waals surface area contributed by atoms with E-state index in [1.807, 2.05) is 38.0 Å². The molecule has 2 aromatic rings. The first-order chi connectivity index (χ1) is 9.12. The number of aryl methyl sites for hydroxylation is 3. The van der Waals surface area contributed by atoms with Crippen molar-refractivity contribution in [2.24, 2.45) is 7.05 Å². The molecule has 0 aliphatic carbocycles. The van der Waals surface area contributed by atoms with Crippen LogP contribution in [0.4, 0.5) is 11.8 Å². The average molecular weight is 260 g/mol. The number of aromatic nitrogens is 4. The smallest absolute Gasteiger partial charge is 0.224 e. The minimum atomic E-state index is 0.629. The Hall–Kier alpha value is -2.11. The molecule has 2 heterocycles. The van der Waals surface area contributed by atoms with Crippen LogP contribution >= 0.6 is 0 Å². The monoisotopic (exact) mass is 260 g/mol. The Kier molecular flexibility index (Phi) is 3.99. The molecule has 0 saturated heterocycles. The molecule has 0 aliphatic heterocycles.